The zero-order valence-corrected chi connectivity index (χ0v) is 12.7. The second-order valence-electron chi connectivity index (χ2n) is 4.80. The number of hydrogen-bond acceptors (Lipinski definition) is 4. The summed E-state index contributed by atoms with van der Waals surface area (Å²) in [7, 11) is 0. The lowest BCUT2D eigenvalue weighted by molar-refractivity contribution is 0.0519. The van der Waals surface area contributed by atoms with Gasteiger partial charge in [0.05, 0.1) is 6.61 Å². The van der Waals surface area contributed by atoms with E-state index in [0.717, 1.165) is 32.1 Å². The third kappa shape index (κ3) is 4.51. The number of carbonyl (C=O) groups excluding carboxylic acids is 1. The standard InChI is InChI=1S/C16H24O4/c1-4-7-9-12-11-13(17)15(16(18)19-6-3)14(20-12)10-8-5-2/h11H,4-10H2,1-3H3. The van der Waals surface area contributed by atoms with E-state index in [1.165, 1.54) is 6.07 Å². The van der Waals surface area contributed by atoms with E-state index in [0.29, 0.717) is 17.9 Å². The first-order chi connectivity index (χ1) is 9.63. The molecule has 0 fully saturated rings. The molecule has 0 aliphatic heterocycles. The van der Waals surface area contributed by atoms with E-state index in [9.17, 15) is 9.59 Å². The van der Waals surface area contributed by atoms with Crippen LogP contribution in [0.1, 0.15) is 68.3 Å². The summed E-state index contributed by atoms with van der Waals surface area (Å²) < 4.78 is 10.7. The molecule has 0 atom stereocenters. The van der Waals surface area contributed by atoms with Gasteiger partial charge in [-0.1, -0.05) is 26.7 Å². The number of unbranched alkanes of at least 4 members (excludes halogenated alkanes) is 2. The van der Waals surface area contributed by atoms with E-state index in [2.05, 4.69) is 13.8 Å². The average Bonchev–Trinajstić information content (AvgIpc) is 2.42. The summed E-state index contributed by atoms with van der Waals surface area (Å²) >= 11 is 0. The molecule has 0 aromatic carbocycles. The summed E-state index contributed by atoms with van der Waals surface area (Å²) in [5, 5.41) is 0. The Morgan fingerprint density at radius 1 is 1.15 bits per heavy atom. The van der Waals surface area contributed by atoms with E-state index in [4.69, 9.17) is 9.15 Å². The lowest BCUT2D eigenvalue weighted by Gasteiger charge is -2.09. The highest BCUT2D eigenvalue weighted by Crippen LogP contribution is 2.14. The summed E-state index contributed by atoms with van der Waals surface area (Å²) in [5.41, 5.74) is -0.215. The number of hydrogen-bond donors (Lipinski definition) is 0. The Labute approximate surface area is 120 Å². The van der Waals surface area contributed by atoms with Gasteiger partial charge < -0.3 is 9.15 Å². The second-order valence-corrected chi connectivity index (χ2v) is 4.80. The van der Waals surface area contributed by atoms with Gasteiger partial charge in [-0.3, -0.25) is 4.79 Å². The third-order valence-electron chi connectivity index (χ3n) is 3.09. The molecular formula is C16H24O4. The van der Waals surface area contributed by atoms with Crippen molar-refractivity contribution in [2.75, 3.05) is 6.61 Å². The van der Waals surface area contributed by atoms with Crippen molar-refractivity contribution in [1.29, 1.82) is 0 Å². The van der Waals surface area contributed by atoms with Crippen LogP contribution in [-0.2, 0) is 17.6 Å². The van der Waals surface area contributed by atoms with Crippen LogP contribution >= 0.6 is 0 Å². The van der Waals surface area contributed by atoms with Crippen molar-refractivity contribution in [2.24, 2.45) is 0 Å². The van der Waals surface area contributed by atoms with Crippen molar-refractivity contribution in [3.63, 3.8) is 0 Å². The van der Waals surface area contributed by atoms with Crippen molar-refractivity contribution in [1.82, 2.24) is 0 Å². The minimum atomic E-state index is -0.575. The van der Waals surface area contributed by atoms with Gasteiger partial charge in [-0.25, -0.2) is 4.79 Å². The van der Waals surface area contributed by atoms with Gasteiger partial charge >= 0.3 is 5.97 Å². The van der Waals surface area contributed by atoms with E-state index in [1.807, 2.05) is 0 Å². The predicted molar refractivity (Wildman–Crippen MR) is 78.2 cm³/mol. The van der Waals surface area contributed by atoms with Crippen molar-refractivity contribution in [3.05, 3.63) is 33.4 Å². The molecule has 0 radical (unpaired) electrons. The average molecular weight is 280 g/mol. The minimum absolute atomic E-state index is 0.0700. The number of rotatable bonds is 8. The molecule has 0 amide bonds. The van der Waals surface area contributed by atoms with Crippen molar-refractivity contribution < 1.29 is 13.9 Å². The van der Waals surface area contributed by atoms with Crippen LogP contribution in [-0.4, -0.2) is 12.6 Å². The van der Waals surface area contributed by atoms with E-state index >= 15 is 0 Å². The maximum atomic E-state index is 12.1. The Bertz CT molecular complexity index is 488. The first-order valence-corrected chi connectivity index (χ1v) is 7.47. The first-order valence-electron chi connectivity index (χ1n) is 7.47. The number of carbonyl (C=O) groups is 1. The molecule has 1 aromatic heterocycles. The van der Waals surface area contributed by atoms with Gasteiger partial charge in [-0.2, -0.15) is 0 Å². The predicted octanol–water partition coefficient (Wildman–Crippen LogP) is 3.50. The van der Waals surface area contributed by atoms with Crippen LogP contribution in [0.4, 0.5) is 0 Å². The van der Waals surface area contributed by atoms with Crippen molar-refractivity contribution in [2.45, 2.75) is 59.3 Å². The molecule has 0 aliphatic carbocycles. The fraction of sp³-hybridized carbons (Fsp3) is 0.625. The highest BCUT2D eigenvalue weighted by atomic mass is 16.5. The molecule has 0 saturated carbocycles. The van der Waals surface area contributed by atoms with Gasteiger partial charge in [0.15, 0.2) is 5.43 Å². The normalized spacial score (nSPS) is 10.6. The van der Waals surface area contributed by atoms with E-state index < -0.39 is 5.97 Å². The van der Waals surface area contributed by atoms with E-state index in [-0.39, 0.29) is 17.6 Å². The van der Waals surface area contributed by atoms with Crippen LogP contribution in [0, 0.1) is 0 Å². The lowest BCUT2D eigenvalue weighted by atomic mass is 10.1. The molecule has 1 aromatic rings. The molecule has 4 nitrogen and oxygen atoms in total. The summed E-state index contributed by atoms with van der Waals surface area (Å²) in [6.45, 7) is 6.12. The van der Waals surface area contributed by atoms with Crippen molar-refractivity contribution >= 4 is 5.97 Å². The van der Waals surface area contributed by atoms with Crippen LogP contribution in [0.2, 0.25) is 0 Å². The minimum Gasteiger partial charge on any atom is -0.465 e. The molecule has 0 saturated heterocycles. The molecule has 4 heteroatoms. The fourth-order valence-corrected chi connectivity index (χ4v) is 2.00. The SMILES string of the molecule is CCCCc1cc(=O)c(C(=O)OCC)c(CCCC)o1. The molecular weight excluding hydrogens is 256 g/mol. The highest BCUT2D eigenvalue weighted by molar-refractivity contribution is 5.90. The largest absolute Gasteiger partial charge is 0.465 e. The van der Waals surface area contributed by atoms with Crippen LogP contribution in [0.3, 0.4) is 0 Å². The Hall–Kier alpha value is -1.58. The molecule has 0 aliphatic rings. The number of esters is 1. The van der Waals surface area contributed by atoms with Gasteiger partial charge in [-0.15, -0.1) is 0 Å². The Balaban J connectivity index is 3.12. The van der Waals surface area contributed by atoms with Crippen LogP contribution in [0.5, 0.6) is 0 Å². The fourth-order valence-electron chi connectivity index (χ4n) is 2.00. The molecule has 0 spiro atoms. The molecule has 1 rings (SSSR count). The smallest absolute Gasteiger partial charge is 0.345 e. The molecule has 0 bridgehead atoms. The van der Waals surface area contributed by atoms with Gasteiger partial charge in [0.1, 0.15) is 17.1 Å². The summed E-state index contributed by atoms with van der Waals surface area (Å²) in [5.74, 6) is 0.564. The molecule has 0 unspecified atom stereocenters. The number of ether oxygens (including phenoxy) is 1. The third-order valence-corrected chi connectivity index (χ3v) is 3.09. The zero-order valence-electron chi connectivity index (χ0n) is 12.7. The van der Waals surface area contributed by atoms with Gasteiger partial charge in [0.25, 0.3) is 0 Å². The molecule has 1 heterocycles. The van der Waals surface area contributed by atoms with Crippen molar-refractivity contribution in [3.8, 4) is 0 Å². The molecule has 0 N–H and O–H groups in total. The highest BCUT2D eigenvalue weighted by Gasteiger charge is 2.20. The molecule has 20 heavy (non-hydrogen) atoms. The Morgan fingerprint density at radius 3 is 2.40 bits per heavy atom. The zero-order chi connectivity index (χ0) is 15.0. The second kappa shape index (κ2) is 8.56. The van der Waals surface area contributed by atoms with Gasteiger partial charge in [-0.05, 0) is 19.8 Å². The quantitative estimate of drug-likeness (QED) is 0.684. The van der Waals surface area contributed by atoms with Gasteiger partial charge in [0, 0.05) is 18.9 Å². The van der Waals surface area contributed by atoms with Crippen LogP contribution < -0.4 is 5.43 Å². The Kier molecular flexibility index (Phi) is 7.05. The first kappa shape index (κ1) is 16.5. The van der Waals surface area contributed by atoms with E-state index in [1.54, 1.807) is 6.92 Å². The topological polar surface area (TPSA) is 56.5 Å². The maximum absolute atomic E-state index is 12.1. The maximum Gasteiger partial charge on any atom is 0.345 e. The van der Waals surface area contributed by atoms with Crippen LogP contribution in [0.25, 0.3) is 0 Å². The summed E-state index contributed by atoms with van der Waals surface area (Å²) in [6.07, 6.45) is 5.19. The summed E-state index contributed by atoms with van der Waals surface area (Å²) in [4.78, 5) is 24.0. The molecule has 112 valence electrons. The van der Waals surface area contributed by atoms with Gasteiger partial charge in [0.2, 0.25) is 0 Å². The summed E-state index contributed by atoms with van der Waals surface area (Å²) in [6, 6.07) is 1.43. The Morgan fingerprint density at radius 2 is 1.80 bits per heavy atom. The van der Waals surface area contributed by atoms with Crippen LogP contribution in [0.15, 0.2) is 15.3 Å². The lowest BCUT2D eigenvalue weighted by Crippen LogP contribution is -2.20. The number of aryl methyl sites for hydroxylation is 2. The monoisotopic (exact) mass is 280 g/mol.